The van der Waals surface area contributed by atoms with Crippen molar-refractivity contribution in [3.8, 4) is 0 Å². The van der Waals surface area contributed by atoms with Crippen molar-refractivity contribution in [3.05, 3.63) is 0 Å². The Morgan fingerprint density at radius 3 is 2.27 bits per heavy atom. The summed E-state index contributed by atoms with van der Waals surface area (Å²) >= 11 is 5.60. The van der Waals surface area contributed by atoms with Crippen molar-refractivity contribution in [1.82, 2.24) is 5.32 Å². The van der Waals surface area contributed by atoms with Gasteiger partial charge in [0.25, 0.3) is 0 Å². The van der Waals surface area contributed by atoms with Gasteiger partial charge in [-0.05, 0) is 12.8 Å². The summed E-state index contributed by atoms with van der Waals surface area (Å²) in [6.07, 6.45) is -3.58. The van der Waals surface area contributed by atoms with Gasteiger partial charge in [-0.15, -0.1) is 11.6 Å². The topological polar surface area (TPSA) is 12.0 Å². The highest BCUT2D eigenvalue weighted by Gasteiger charge is 2.41. The third kappa shape index (κ3) is 2.52. The summed E-state index contributed by atoms with van der Waals surface area (Å²) in [5.74, 6) is 0. The molecule has 1 nitrogen and oxygen atoms in total. The number of nitrogens with one attached hydrogen (secondary N) is 1. The molecule has 2 unspecified atom stereocenters. The number of alkyl halides is 4. The average molecular weight is 188 g/mol. The lowest BCUT2D eigenvalue weighted by Gasteiger charge is -2.28. The van der Waals surface area contributed by atoms with Crippen molar-refractivity contribution in [1.29, 1.82) is 0 Å². The van der Waals surface area contributed by atoms with Gasteiger partial charge in [-0.3, -0.25) is 0 Å². The molecule has 1 N–H and O–H groups in total. The molecule has 1 fully saturated rings. The Hall–Kier alpha value is 0.0400. The molecular weight excluding hydrogens is 179 g/mol. The monoisotopic (exact) mass is 187 g/mol. The maximum Gasteiger partial charge on any atom is 0.403 e. The molecule has 0 spiro atoms. The van der Waals surface area contributed by atoms with E-state index in [-0.39, 0.29) is 18.3 Å². The van der Waals surface area contributed by atoms with Crippen LogP contribution in [-0.4, -0.2) is 24.1 Å². The zero-order valence-corrected chi connectivity index (χ0v) is 6.54. The van der Waals surface area contributed by atoms with Crippen molar-refractivity contribution in [2.24, 2.45) is 0 Å². The molecule has 1 saturated heterocycles. The van der Waals surface area contributed by atoms with Crippen LogP contribution in [0.25, 0.3) is 0 Å². The molecule has 0 aliphatic carbocycles. The Morgan fingerprint density at radius 2 is 1.91 bits per heavy atom. The molecule has 0 aromatic carbocycles. The average Bonchev–Trinajstić information content (AvgIpc) is 1.86. The summed E-state index contributed by atoms with van der Waals surface area (Å²) in [4.78, 5) is 0. The summed E-state index contributed by atoms with van der Waals surface area (Å²) in [5, 5.41) is 2.21. The number of hydrogen-bond donors (Lipinski definition) is 1. The number of hydrogen-bond acceptors (Lipinski definition) is 1. The maximum absolute atomic E-state index is 12.0. The molecule has 0 amide bonds. The van der Waals surface area contributed by atoms with Gasteiger partial charge in [0.15, 0.2) is 0 Å². The molecule has 1 aliphatic heterocycles. The minimum Gasteiger partial charge on any atom is -0.305 e. The molecule has 0 saturated carbocycles. The molecule has 0 aromatic heterocycles. The predicted molar refractivity (Wildman–Crippen MR) is 36.7 cm³/mol. The molecule has 0 bridgehead atoms. The van der Waals surface area contributed by atoms with Gasteiger partial charge in [-0.2, -0.15) is 13.2 Å². The minimum atomic E-state index is -4.11. The minimum absolute atomic E-state index is 0.0949. The second-order valence-electron chi connectivity index (χ2n) is 2.68. The molecule has 1 rings (SSSR count). The van der Waals surface area contributed by atoms with E-state index in [1.54, 1.807) is 0 Å². The third-order valence-electron chi connectivity index (χ3n) is 1.75. The predicted octanol–water partition coefficient (Wildman–Crippen LogP) is 1.91. The van der Waals surface area contributed by atoms with E-state index < -0.39 is 12.2 Å². The molecule has 1 aliphatic rings. The lowest BCUT2D eigenvalue weighted by Crippen LogP contribution is -2.48. The molecule has 1 heterocycles. The van der Waals surface area contributed by atoms with Gasteiger partial charge in [0.05, 0.1) is 0 Å². The molecule has 0 aromatic rings. The Kier molecular flexibility index (Phi) is 2.65. The van der Waals surface area contributed by atoms with Crippen molar-refractivity contribution in [2.75, 3.05) is 6.54 Å². The van der Waals surface area contributed by atoms with E-state index in [4.69, 9.17) is 11.6 Å². The van der Waals surface area contributed by atoms with Crippen LogP contribution in [0.2, 0.25) is 0 Å². The zero-order chi connectivity index (χ0) is 8.48. The van der Waals surface area contributed by atoms with Gasteiger partial charge < -0.3 is 5.32 Å². The fraction of sp³-hybridized carbons (Fsp3) is 1.00. The van der Waals surface area contributed by atoms with E-state index >= 15 is 0 Å². The van der Waals surface area contributed by atoms with Crippen LogP contribution in [0.1, 0.15) is 12.8 Å². The second-order valence-corrected chi connectivity index (χ2v) is 3.29. The van der Waals surface area contributed by atoms with Crippen molar-refractivity contribution in [3.63, 3.8) is 0 Å². The van der Waals surface area contributed by atoms with Crippen molar-refractivity contribution < 1.29 is 13.2 Å². The standard InChI is InChI=1S/C6H9ClF3N/c7-4-1-2-5(11-3-4)6(8,9)10/h4-5,11H,1-3H2. The van der Waals surface area contributed by atoms with Crippen LogP contribution in [-0.2, 0) is 0 Å². The van der Waals surface area contributed by atoms with Crippen molar-refractivity contribution in [2.45, 2.75) is 30.4 Å². The second kappa shape index (κ2) is 3.19. The lowest BCUT2D eigenvalue weighted by molar-refractivity contribution is -0.159. The van der Waals surface area contributed by atoms with E-state index in [1.165, 1.54) is 0 Å². The van der Waals surface area contributed by atoms with E-state index in [2.05, 4.69) is 5.32 Å². The largest absolute Gasteiger partial charge is 0.403 e. The lowest BCUT2D eigenvalue weighted by atomic mass is 10.0. The quantitative estimate of drug-likeness (QED) is 0.572. The molecule has 0 radical (unpaired) electrons. The highest BCUT2D eigenvalue weighted by atomic mass is 35.5. The van der Waals surface area contributed by atoms with Gasteiger partial charge in [0, 0.05) is 11.9 Å². The first-order valence-electron chi connectivity index (χ1n) is 3.44. The number of halogens is 4. The van der Waals surface area contributed by atoms with Gasteiger partial charge in [-0.1, -0.05) is 0 Å². The van der Waals surface area contributed by atoms with Gasteiger partial charge in [0.1, 0.15) is 6.04 Å². The van der Waals surface area contributed by atoms with Crippen LogP contribution in [0.4, 0.5) is 13.2 Å². The van der Waals surface area contributed by atoms with Crippen LogP contribution in [0.3, 0.4) is 0 Å². The summed E-state index contributed by atoms with van der Waals surface area (Å²) in [7, 11) is 0. The normalized spacial score (nSPS) is 33.8. The van der Waals surface area contributed by atoms with Gasteiger partial charge >= 0.3 is 6.18 Å². The van der Waals surface area contributed by atoms with E-state index in [0.717, 1.165) is 0 Å². The Bertz CT molecular complexity index is 128. The van der Waals surface area contributed by atoms with Crippen LogP contribution in [0.5, 0.6) is 0 Å². The Morgan fingerprint density at radius 1 is 1.27 bits per heavy atom. The van der Waals surface area contributed by atoms with Crippen LogP contribution < -0.4 is 5.32 Å². The Labute approximate surface area is 67.9 Å². The summed E-state index contributed by atoms with van der Waals surface area (Å²) in [6, 6.07) is -1.35. The number of piperidine rings is 1. The smallest absolute Gasteiger partial charge is 0.305 e. The van der Waals surface area contributed by atoms with Gasteiger partial charge in [0.2, 0.25) is 0 Å². The maximum atomic E-state index is 12.0. The fourth-order valence-corrected chi connectivity index (χ4v) is 1.32. The SMILES string of the molecule is FC(F)(F)C1CCC(Cl)CN1. The van der Waals surface area contributed by atoms with E-state index in [1.807, 2.05) is 0 Å². The summed E-state index contributed by atoms with van der Waals surface area (Å²) < 4.78 is 35.9. The number of rotatable bonds is 0. The molecule has 2 atom stereocenters. The zero-order valence-electron chi connectivity index (χ0n) is 5.79. The first-order chi connectivity index (χ1) is 5.00. The van der Waals surface area contributed by atoms with Gasteiger partial charge in [-0.25, -0.2) is 0 Å². The molecule has 66 valence electrons. The third-order valence-corrected chi connectivity index (χ3v) is 2.12. The summed E-state index contributed by atoms with van der Waals surface area (Å²) in [5.41, 5.74) is 0. The first-order valence-corrected chi connectivity index (χ1v) is 3.88. The van der Waals surface area contributed by atoms with Crippen LogP contribution in [0.15, 0.2) is 0 Å². The van der Waals surface area contributed by atoms with E-state index in [9.17, 15) is 13.2 Å². The summed E-state index contributed by atoms with van der Waals surface area (Å²) in [6.45, 7) is 0.256. The molecule has 11 heavy (non-hydrogen) atoms. The fourth-order valence-electron chi connectivity index (χ4n) is 1.10. The first kappa shape index (κ1) is 9.13. The van der Waals surface area contributed by atoms with Crippen molar-refractivity contribution >= 4 is 11.6 Å². The van der Waals surface area contributed by atoms with Crippen LogP contribution in [0, 0.1) is 0 Å². The Balaban J connectivity index is 2.39. The molecule has 5 heteroatoms. The van der Waals surface area contributed by atoms with E-state index in [0.29, 0.717) is 6.42 Å². The van der Waals surface area contributed by atoms with Crippen LogP contribution >= 0.6 is 11.6 Å². The highest BCUT2D eigenvalue weighted by Crippen LogP contribution is 2.27. The highest BCUT2D eigenvalue weighted by molar-refractivity contribution is 6.20. The molecular formula is C6H9ClF3N.